The highest BCUT2D eigenvalue weighted by Crippen LogP contribution is 2.31. The van der Waals surface area contributed by atoms with Gasteiger partial charge in [0, 0.05) is 24.8 Å². The second-order valence-corrected chi connectivity index (χ2v) is 9.80. The largest absolute Gasteiger partial charge is 0.493 e. The summed E-state index contributed by atoms with van der Waals surface area (Å²) < 4.78 is 22.2. The Hall–Kier alpha value is -3.93. The quantitative estimate of drug-likeness (QED) is 0.391. The smallest absolute Gasteiger partial charge is 0.250 e. The maximum absolute atomic E-state index is 13.8. The predicted molar refractivity (Wildman–Crippen MR) is 139 cm³/mol. The van der Waals surface area contributed by atoms with E-state index >= 15 is 0 Å². The lowest BCUT2D eigenvalue weighted by Gasteiger charge is -2.32. The summed E-state index contributed by atoms with van der Waals surface area (Å²) in [6.45, 7) is 0.673. The molecule has 1 saturated heterocycles. The van der Waals surface area contributed by atoms with E-state index in [4.69, 9.17) is 18.6 Å². The highest BCUT2D eigenvalue weighted by Gasteiger charge is 2.37. The average Bonchev–Trinajstić information content (AvgIpc) is 3.77. The summed E-state index contributed by atoms with van der Waals surface area (Å²) in [6.07, 6.45) is 7.07. The van der Waals surface area contributed by atoms with Crippen molar-refractivity contribution < 1.29 is 28.2 Å². The number of amides is 2. The third-order valence-corrected chi connectivity index (χ3v) is 7.19. The van der Waals surface area contributed by atoms with Gasteiger partial charge in [0.25, 0.3) is 5.91 Å². The van der Waals surface area contributed by atoms with E-state index in [9.17, 15) is 9.59 Å². The third kappa shape index (κ3) is 6.22. The summed E-state index contributed by atoms with van der Waals surface area (Å²) in [4.78, 5) is 30.1. The topological polar surface area (TPSA) is 134 Å². The zero-order valence-corrected chi connectivity index (χ0v) is 22.2. The van der Waals surface area contributed by atoms with Crippen molar-refractivity contribution in [3.8, 4) is 22.9 Å². The first kappa shape index (κ1) is 26.7. The van der Waals surface area contributed by atoms with Crippen molar-refractivity contribution >= 4 is 11.8 Å². The molecule has 5 rings (SSSR count). The van der Waals surface area contributed by atoms with Crippen molar-refractivity contribution in [3.63, 3.8) is 0 Å². The average molecular weight is 539 g/mol. The van der Waals surface area contributed by atoms with Gasteiger partial charge in [0.2, 0.25) is 11.7 Å². The van der Waals surface area contributed by atoms with Gasteiger partial charge in [0.15, 0.2) is 17.5 Å². The first-order valence-electron chi connectivity index (χ1n) is 13.3. The number of furan rings is 1. The van der Waals surface area contributed by atoms with Gasteiger partial charge in [0.1, 0.15) is 12.3 Å². The van der Waals surface area contributed by atoms with Gasteiger partial charge in [0.05, 0.1) is 26.6 Å². The molecule has 0 bridgehead atoms. The summed E-state index contributed by atoms with van der Waals surface area (Å²) in [5, 5.41) is 15.8. The van der Waals surface area contributed by atoms with Gasteiger partial charge in [-0.2, -0.15) is 4.80 Å². The number of hydrogen-bond donors (Lipinski definition) is 1. The van der Waals surface area contributed by atoms with Gasteiger partial charge in [-0.3, -0.25) is 9.59 Å². The predicted octanol–water partition coefficient (Wildman–Crippen LogP) is 2.76. The summed E-state index contributed by atoms with van der Waals surface area (Å²) in [5.74, 6) is 1.23. The highest BCUT2D eigenvalue weighted by atomic mass is 16.5. The second-order valence-electron chi connectivity index (χ2n) is 9.80. The van der Waals surface area contributed by atoms with Crippen molar-refractivity contribution in [2.45, 2.75) is 63.3 Å². The standard InChI is InChI=1S/C27H34N6O6/c1-36-21-12-11-18(15-23(21)37-2)26-29-31-33(30-26)17-24(34)32(16-20-9-5-13-38-20)25(22-10-6-14-39-22)27(35)28-19-7-3-4-8-19/h6,10-12,14-15,19-20,25H,3-5,7-9,13,16-17H2,1-2H3,(H,28,35)/t20-,25+/m1/s1. The number of ether oxygens (including phenoxy) is 3. The number of benzene rings is 1. The minimum atomic E-state index is -0.939. The number of nitrogens with zero attached hydrogens (tertiary/aromatic N) is 5. The number of methoxy groups -OCH3 is 2. The molecule has 3 aromatic rings. The SMILES string of the molecule is COc1ccc(-c2nnn(CC(=O)N(C[C@H]3CCCO3)[C@H](C(=O)NC3CCCC3)c3ccco3)n2)cc1OC. The molecule has 1 aliphatic carbocycles. The number of rotatable bonds is 11. The molecule has 1 aliphatic heterocycles. The lowest BCUT2D eigenvalue weighted by molar-refractivity contribution is -0.144. The van der Waals surface area contributed by atoms with Crippen molar-refractivity contribution in [1.29, 1.82) is 0 Å². The van der Waals surface area contributed by atoms with Gasteiger partial charge in [-0.05, 0) is 61.2 Å². The summed E-state index contributed by atoms with van der Waals surface area (Å²) >= 11 is 0. The Morgan fingerprint density at radius 1 is 1.13 bits per heavy atom. The van der Waals surface area contributed by atoms with Gasteiger partial charge < -0.3 is 28.8 Å². The van der Waals surface area contributed by atoms with Crippen LogP contribution in [0.3, 0.4) is 0 Å². The fourth-order valence-electron chi connectivity index (χ4n) is 5.19. The van der Waals surface area contributed by atoms with Crippen molar-refractivity contribution in [3.05, 3.63) is 42.4 Å². The van der Waals surface area contributed by atoms with Crippen LogP contribution in [0.1, 0.15) is 50.3 Å². The molecule has 3 heterocycles. The van der Waals surface area contributed by atoms with Crippen LogP contribution in [0.4, 0.5) is 0 Å². The van der Waals surface area contributed by atoms with Crippen LogP contribution in [0.25, 0.3) is 11.4 Å². The van der Waals surface area contributed by atoms with Crippen LogP contribution in [0, 0.1) is 0 Å². The number of carbonyl (C=O) groups excluding carboxylic acids is 2. The Labute approximate surface area is 226 Å². The molecule has 1 aromatic carbocycles. The zero-order chi connectivity index (χ0) is 27.2. The van der Waals surface area contributed by atoms with Gasteiger partial charge in [-0.1, -0.05) is 12.8 Å². The number of hydrogen-bond acceptors (Lipinski definition) is 9. The number of nitrogens with one attached hydrogen (secondary N) is 1. The maximum Gasteiger partial charge on any atom is 0.250 e. The maximum atomic E-state index is 13.8. The molecule has 0 spiro atoms. The third-order valence-electron chi connectivity index (χ3n) is 7.19. The molecule has 2 aromatic heterocycles. The minimum Gasteiger partial charge on any atom is -0.493 e. The van der Waals surface area contributed by atoms with Crippen molar-refractivity contribution in [1.82, 2.24) is 30.4 Å². The molecular formula is C27H34N6O6. The van der Waals surface area contributed by atoms with E-state index in [1.165, 1.54) is 16.0 Å². The lowest BCUT2D eigenvalue weighted by Crippen LogP contribution is -2.49. The van der Waals surface area contributed by atoms with Crippen LogP contribution in [0.2, 0.25) is 0 Å². The van der Waals surface area contributed by atoms with Crippen LogP contribution < -0.4 is 14.8 Å². The Morgan fingerprint density at radius 2 is 1.95 bits per heavy atom. The molecule has 2 aliphatic rings. The Balaban J connectivity index is 1.38. The molecule has 2 fully saturated rings. The summed E-state index contributed by atoms with van der Waals surface area (Å²) in [6, 6.07) is 7.87. The normalized spacial score (nSPS) is 18.2. The molecule has 208 valence electrons. The molecule has 0 radical (unpaired) electrons. The van der Waals surface area contributed by atoms with E-state index in [1.807, 2.05) is 0 Å². The van der Waals surface area contributed by atoms with E-state index in [-0.39, 0.29) is 37.0 Å². The molecular weight excluding hydrogens is 504 g/mol. The summed E-state index contributed by atoms with van der Waals surface area (Å²) in [5.41, 5.74) is 0.659. The highest BCUT2D eigenvalue weighted by molar-refractivity contribution is 5.88. The minimum absolute atomic E-state index is 0.0932. The second kappa shape index (κ2) is 12.3. The van der Waals surface area contributed by atoms with E-state index in [1.54, 1.807) is 44.6 Å². The van der Waals surface area contributed by atoms with E-state index in [0.717, 1.165) is 38.5 Å². The molecule has 0 unspecified atom stereocenters. The monoisotopic (exact) mass is 538 g/mol. The van der Waals surface area contributed by atoms with Crippen LogP contribution in [0.15, 0.2) is 41.0 Å². The lowest BCUT2D eigenvalue weighted by atomic mass is 10.1. The van der Waals surface area contributed by atoms with Crippen molar-refractivity contribution in [2.24, 2.45) is 0 Å². The van der Waals surface area contributed by atoms with Crippen LogP contribution in [-0.2, 0) is 20.9 Å². The molecule has 39 heavy (non-hydrogen) atoms. The van der Waals surface area contributed by atoms with E-state index < -0.39 is 6.04 Å². The molecule has 2 atom stereocenters. The molecule has 12 nitrogen and oxygen atoms in total. The van der Waals surface area contributed by atoms with Gasteiger partial charge in [-0.15, -0.1) is 10.2 Å². The van der Waals surface area contributed by atoms with E-state index in [0.29, 0.717) is 35.3 Å². The number of aromatic nitrogens is 4. The Kier molecular flexibility index (Phi) is 8.40. The molecule has 2 amide bonds. The first-order chi connectivity index (χ1) is 19.1. The fraction of sp³-hybridized carbons (Fsp3) is 0.519. The fourth-order valence-corrected chi connectivity index (χ4v) is 5.19. The zero-order valence-electron chi connectivity index (χ0n) is 22.2. The Bertz CT molecular complexity index is 1250. The van der Waals surface area contributed by atoms with Gasteiger partial charge >= 0.3 is 0 Å². The van der Waals surface area contributed by atoms with E-state index in [2.05, 4.69) is 20.7 Å². The van der Waals surface area contributed by atoms with Crippen LogP contribution >= 0.6 is 0 Å². The molecule has 12 heteroatoms. The molecule has 1 N–H and O–H groups in total. The van der Waals surface area contributed by atoms with Gasteiger partial charge in [-0.25, -0.2) is 0 Å². The van der Waals surface area contributed by atoms with Crippen molar-refractivity contribution in [2.75, 3.05) is 27.4 Å². The Morgan fingerprint density at radius 3 is 2.64 bits per heavy atom. The molecule has 1 saturated carbocycles. The number of tetrazole rings is 1. The first-order valence-corrected chi connectivity index (χ1v) is 13.3. The van der Waals surface area contributed by atoms with Crippen LogP contribution in [-0.4, -0.2) is 76.4 Å². The number of carbonyl (C=O) groups is 2. The summed E-state index contributed by atoms with van der Waals surface area (Å²) in [7, 11) is 3.11. The van der Waals surface area contributed by atoms with Crippen LogP contribution in [0.5, 0.6) is 11.5 Å².